The van der Waals surface area contributed by atoms with Crippen molar-refractivity contribution >= 4 is 17.7 Å². The average molecular weight is 278 g/mol. The molecule has 0 unspecified atom stereocenters. The summed E-state index contributed by atoms with van der Waals surface area (Å²) in [6.07, 6.45) is 3.01. The Bertz CT molecular complexity index is 496. The summed E-state index contributed by atoms with van der Waals surface area (Å²) in [4.78, 5) is 26.2. The van der Waals surface area contributed by atoms with E-state index in [2.05, 4.69) is 0 Å². The molecule has 20 heavy (non-hydrogen) atoms. The van der Waals surface area contributed by atoms with Gasteiger partial charge in [-0.15, -0.1) is 0 Å². The molecule has 0 bridgehead atoms. The van der Waals surface area contributed by atoms with E-state index in [1.165, 1.54) is 29.2 Å². The largest absolute Gasteiger partial charge is 0.508 e. The van der Waals surface area contributed by atoms with E-state index in [9.17, 15) is 14.7 Å². The van der Waals surface area contributed by atoms with Gasteiger partial charge in [0.05, 0.1) is 0 Å². The number of amides is 2. The highest BCUT2D eigenvalue weighted by Gasteiger charge is 2.30. The van der Waals surface area contributed by atoms with E-state index >= 15 is 0 Å². The van der Waals surface area contributed by atoms with Crippen molar-refractivity contribution in [3.05, 3.63) is 24.3 Å². The number of carboxylic acids is 1. The first-order valence-electron chi connectivity index (χ1n) is 6.54. The van der Waals surface area contributed by atoms with Crippen molar-refractivity contribution < 1.29 is 19.8 Å². The zero-order chi connectivity index (χ0) is 14.7. The van der Waals surface area contributed by atoms with Crippen LogP contribution >= 0.6 is 0 Å². The van der Waals surface area contributed by atoms with Gasteiger partial charge in [0.25, 0.3) is 0 Å². The molecule has 6 nitrogen and oxygen atoms in total. The second-order valence-electron chi connectivity index (χ2n) is 4.97. The molecule has 1 aliphatic rings. The third kappa shape index (κ3) is 3.01. The maximum absolute atomic E-state index is 12.4. The molecule has 0 atom stereocenters. The molecule has 0 radical (unpaired) electrons. The number of carboxylic acid groups (broad SMARTS) is 1. The zero-order valence-corrected chi connectivity index (χ0v) is 11.3. The SMILES string of the molecule is CN(C(=O)N(CC(=O)O)c1ccc(O)cc1)C1CCC1. The molecule has 2 N–H and O–H groups in total. The number of rotatable bonds is 4. The summed E-state index contributed by atoms with van der Waals surface area (Å²) < 4.78 is 0. The number of phenols is 1. The number of carbonyl (C=O) groups excluding carboxylic acids is 1. The Morgan fingerprint density at radius 1 is 1.25 bits per heavy atom. The predicted molar refractivity (Wildman–Crippen MR) is 73.9 cm³/mol. The van der Waals surface area contributed by atoms with Crippen LogP contribution in [0, 0.1) is 0 Å². The lowest BCUT2D eigenvalue weighted by molar-refractivity contribution is -0.135. The lowest BCUT2D eigenvalue weighted by Crippen LogP contribution is -2.50. The number of hydrogen-bond donors (Lipinski definition) is 2. The number of benzene rings is 1. The van der Waals surface area contributed by atoms with Crippen LogP contribution in [-0.4, -0.2) is 46.7 Å². The molecule has 108 valence electrons. The van der Waals surface area contributed by atoms with Crippen LogP contribution in [0.3, 0.4) is 0 Å². The van der Waals surface area contributed by atoms with Gasteiger partial charge in [-0.25, -0.2) is 4.79 Å². The van der Waals surface area contributed by atoms with Gasteiger partial charge in [0.1, 0.15) is 12.3 Å². The molecule has 1 aromatic rings. The van der Waals surface area contributed by atoms with E-state index in [0.29, 0.717) is 5.69 Å². The number of aliphatic carboxylic acids is 1. The van der Waals surface area contributed by atoms with Crippen molar-refractivity contribution in [2.75, 3.05) is 18.5 Å². The Morgan fingerprint density at radius 2 is 1.85 bits per heavy atom. The summed E-state index contributed by atoms with van der Waals surface area (Å²) in [7, 11) is 1.70. The Labute approximate surface area is 117 Å². The standard InChI is InChI=1S/C14H18N2O4/c1-15(10-3-2-4-10)14(20)16(9-13(18)19)11-5-7-12(17)8-6-11/h5-8,10,17H,2-4,9H2,1H3,(H,18,19). The van der Waals surface area contributed by atoms with Gasteiger partial charge >= 0.3 is 12.0 Å². The van der Waals surface area contributed by atoms with Crippen molar-refractivity contribution in [2.45, 2.75) is 25.3 Å². The van der Waals surface area contributed by atoms with E-state index in [0.717, 1.165) is 19.3 Å². The normalized spacial score (nSPS) is 14.4. The van der Waals surface area contributed by atoms with Crippen LogP contribution in [0.2, 0.25) is 0 Å². The summed E-state index contributed by atoms with van der Waals surface area (Å²) in [5.74, 6) is -1.00. The van der Waals surface area contributed by atoms with Crippen molar-refractivity contribution in [3.8, 4) is 5.75 Å². The third-order valence-corrected chi connectivity index (χ3v) is 3.61. The highest BCUT2D eigenvalue weighted by atomic mass is 16.4. The number of anilines is 1. The van der Waals surface area contributed by atoms with Crippen molar-refractivity contribution in [1.82, 2.24) is 4.90 Å². The van der Waals surface area contributed by atoms with Crippen LogP contribution in [0.4, 0.5) is 10.5 Å². The molecule has 0 aromatic heterocycles. The van der Waals surface area contributed by atoms with Gasteiger partial charge in [-0.3, -0.25) is 9.69 Å². The van der Waals surface area contributed by atoms with Gasteiger partial charge in [-0.2, -0.15) is 0 Å². The number of phenolic OH excluding ortho intramolecular Hbond substituents is 1. The number of carbonyl (C=O) groups is 2. The van der Waals surface area contributed by atoms with Gasteiger partial charge in [0.15, 0.2) is 0 Å². The highest BCUT2D eigenvalue weighted by Crippen LogP contribution is 2.26. The lowest BCUT2D eigenvalue weighted by atomic mass is 9.92. The summed E-state index contributed by atoms with van der Waals surface area (Å²) in [6, 6.07) is 5.79. The summed E-state index contributed by atoms with van der Waals surface area (Å²) in [5.41, 5.74) is 0.460. The Kier molecular flexibility index (Phi) is 4.12. The van der Waals surface area contributed by atoms with Crippen LogP contribution in [0.15, 0.2) is 24.3 Å². The van der Waals surface area contributed by atoms with Crippen LogP contribution in [0.25, 0.3) is 0 Å². The maximum atomic E-state index is 12.4. The molecule has 2 rings (SSSR count). The van der Waals surface area contributed by atoms with E-state index in [1.54, 1.807) is 11.9 Å². The van der Waals surface area contributed by atoms with Gasteiger partial charge < -0.3 is 15.1 Å². The Balaban J connectivity index is 2.19. The molecule has 0 saturated heterocycles. The smallest absolute Gasteiger partial charge is 0.325 e. The van der Waals surface area contributed by atoms with Crippen LogP contribution in [0.5, 0.6) is 5.75 Å². The first kappa shape index (κ1) is 14.2. The monoisotopic (exact) mass is 278 g/mol. The van der Waals surface area contributed by atoms with E-state index < -0.39 is 12.5 Å². The number of urea groups is 1. The second kappa shape index (κ2) is 5.81. The third-order valence-electron chi connectivity index (χ3n) is 3.61. The predicted octanol–water partition coefficient (Wildman–Crippen LogP) is 1.89. The summed E-state index contributed by atoms with van der Waals surface area (Å²) in [6.45, 7) is -0.402. The fourth-order valence-electron chi connectivity index (χ4n) is 2.16. The Hall–Kier alpha value is -2.24. The van der Waals surface area contributed by atoms with Crippen LogP contribution < -0.4 is 4.90 Å². The topological polar surface area (TPSA) is 81.1 Å². The minimum atomic E-state index is -1.08. The molecular weight excluding hydrogens is 260 g/mol. The molecule has 1 aromatic carbocycles. The number of hydrogen-bond acceptors (Lipinski definition) is 3. The zero-order valence-electron chi connectivity index (χ0n) is 11.3. The first-order valence-corrected chi connectivity index (χ1v) is 6.54. The van der Waals surface area contributed by atoms with Gasteiger partial charge in [0, 0.05) is 18.8 Å². The quantitative estimate of drug-likeness (QED) is 0.881. The molecule has 0 aliphatic heterocycles. The summed E-state index contributed by atoms with van der Waals surface area (Å²) in [5, 5.41) is 18.3. The van der Waals surface area contributed by atoms with Crippen LogP contribution in [-0.2, 0) is 4.79 Å². The van der Waals surface area contributed by atoms with E-state index in [1.807, 2.05) is 0 Å². The molecule has 6 heteroatoms. The van der Waals surface area contributed by atoms with Crippen molar-refractivity contribution in [2.24, 2.45) is 0 Å². The van der Waals surface area contributed by atoms with E-state index in [4.69, 9.17) is 5.11 Å². The lowest BCUT2D eigenvalue weighted by Gasteiger charge is -2.37. The van der Waals surface area contributed by atoms with Crippen LogP contribution in [0.1, 0.15) is 19.3 Å². The fourth-order valence-corrected chi connectivity index (χ4v) is 2.16. The van der Waals surface area contributed by atoms with Gasteiger partial charge in [-0.05, 0) is 43.5 Å². The van der Waals surface area contributed by atoms with Crippen molar-refractivity contribution in [1.29, 1.82) is 0 Å². The maximum Gasteiger partial charge on any atom is 0.325 e. The number of aromatic hydroxyl groups is 1. The molecule has 0 spiro atoms. The summed E-state index contributed by atoms with van der Waals surface area (Å²) >= 11 is 0. The average Bonchev–Trinajstić information content (AvgIpc) is 2.34. The minimum Gasteiger partial charge on any atom is -0.508 e. The van der Waals surface area contributed by atoms with Gasteiger partial charge in [0.2, 0.25) is 0 Å². The molecule has 2 amide bonds. The highest BCUT2D eigenvalue weighted by molar-refractivity contribution is 5.96. The minimum absolute atomic E-state index is 0.0730. The Morgan fingerprint density at radius 3 is 2.30 bits per heavy atom. The fraction of sp³-hybridized carbons (Fsp3) is 0.429. The van der Waals surface area contributed by atoms with E-state index in [-0.39, 0.29) is 17.8 Å². The molecule has 0 heterocycles. The molecule has 1 aliphatic carbocycles. The van der Waals surface area contributed by atoms with Crippen molar-refractivity contribution in [3.63, 3.8) is 0 Å². The molecule has 1 saturated carbocycles. The first-order chi connectivity index (χ1) is 9.49. The number of nitrogens with zero attached hydrogens (tertiary/aromatic N) is 2. The molecule has 1 fully saturated rings. The molecular formula is C14H18N2O4. The van der Waals surface area contributed by atoms with Gasteiger partial charge in [-0.1, -0.05) is 0 Å². The second-order valence-corrected chi connectivity index (χ2v) is 4.97.